The number of aliphatic imine (C=N–C) groups is 1. The van der Waals surface area contributed by atoms with Gasteiger partial charge >= 0.3 is 0 Å². The molecule has 0 amide bonds. The van der Waals surface area contributed by atoms with Crippen LogP contribution in [0.3, 0.4) is 0 Å². The normalized spacial score (nSPS) is 22.1. The summed E-state index contributed by atoms with van der Waals surface area (Å²) >= 11 is 0. The van der Waals surface area contributed by atoms with Crippen molar-refractivity contribution in [1.82, 2.24) is 15.1 Å². The zero-order valence-electron chi connectivity index (χ0n) is 17.0. The number of likely N-dealkylation sites (tertiary alicyclic amines) is 2. The Morgan fingerprint density at radius 1 is 1.22 bits per heavy atom. The molecule has 3 rings (SSSR count). The second-order valence-corrected chi connectivity index (χ2v) is 7.62. The van der Waals surface area contributed by atoms with Crippen molar-refractivity contribution in [2.45, 2.75) is 32.3 Å². The minimum Gasteiger partial charge on any atom is -0.493 e. The van der Waals surface area contributed by atoms with E-state index in [-0.39, 0.29) is 6.10 Å². The quantitative estimate of drug-likeness (QED) is 0.587. The highest BCUT2D eigenvalue weighted by Gasteiger charge is 2.27. The molecule has 0 aliphatic carbocycles. The standard InChI is InChI=1S/C21H34N4O2/c1-17(27-20-9-5-4-8-19(20)26-3)14-23-21(22-2)25-13-10-18(16-25)15-24-11-6-7-12-24/h4-5,8-9,17-18H,6-7,10-16H2,1-3H3,(H,22,23). The van der Waals surface area contributed by atoms with Crippen LogP contribution in [0.1, 0.15) is 26.2 Å². The third kappa shape index (κ3) is 5.51. The van der Waals surface area contributed by atoms with E-state index in [1.807, 2.05) is 31.3 Å². The smallest absolute Gasteiger partial charge is 0.193 e. The van der Waals surface area contributed by atoms with E-state index < -0.39 is 0 Å². The first-order valence-electron chi connectivity index (χ1n) is 10.2. The molecule has 2 fully saturated rings. The fourth-order valence-electron chi connectivity index (χ4n) is 4.05. The van der Waals surface area contributed by atoms with Gasteiger partial charge in [-0.2, -0.15) is 0 Å². The SMILES string of the molecule is CN=C(NCC(C)Oc1ccccc1OC)N1CCC(CN2CCCC2)C1. The van der Waals surface area contributed by atoms with Gasteiger partial charge in [0.05, 0.1) is 13.7 Å². The molecule has 0 aromatic heterocycles. The summed E-state index contributed by atoms with van der Waals surface area (Å²) in [5, 5.41) is 3.48. The topological polar surface area (TPSA) is 49.3 Å². The summed E-state index contributed by atoms with van der Waals surface area (Å²) in [5.41, 5.74) is 0. The number of nitrogens with one attached hydrogen (secondary N) is 1. The van der Waals surface area contributed by atoms with E-state index in [4.69, 9.17) is 9.47 Å². The second-order valence-electron chi connectivity index (χ2n) is 7.62. The molecule has 0 spiro atoms. The number of guanidine groups is 1. The van der Waals surface area contributed by atoms with Crippen LogP contribution >= 0.6 is 0 Å². The van der Waals surface area contributed by atoms with Gasteiger partial charge in [0.15, 0.2) is 17.5 Å². The molecule has 1 aromatic carbocycles. The fraction of sp³-hybridized carbons (Fsp3) is 0.667. The average Bonchev–Trinajstić information content (AvgIpc) is 3.35. The minimum absolute atomic E-state index is 0.0149. The Kier molecular flexibility index (Phi) is 7.21. The molecule has 0 saturated carbocycles. The Hall–Kier alpha value is -1.95. The van der Waals surface area contributed by atoms with Crippen molar-refractivity contribution in [2.75, 3.05) is 53.4 Å². The van der Waals surface area contributed by atoms with Crippen molar-refractivity contribution in [1.29, 1.82) is 0 Å². The first-order chi connectivity index (χ1) is 13.2. The Balaban J connectivity index is 1.44. The lowest BCUT2D eigenvalue weighted by Crippen LogP contribution is -2.44. The van der Waals surface area contributed by atoms with Gasteiger partial charge < -0.3 is 24.6 Å². The second kappa shape index (κ2) is 9.83. The van der Waals surface area contributed by atoms with Crippen molar-refractivity contribution in [2.24, 2.45) is 10.9 Å². The van der Waals surface area contributed by atoms with Gasteiger partial charge in [0, 0.05) is 26.7 Å². The Bertz CT molecular complexity index is 616. The zero-order valence-corrected chi connectivity index (χ0v) is 17.0. The summed E-state index contributed by atoms with van der Waals surface area (Å²) in [7, 11) is 3.53. The number of para-hydroxylation sites is 2. The lowest BCUT2D eigenvalue weighted by Gasteiger charge is -2.25. The monoisotopic (exact) mass is 374 g/mol. The highest BCUT2D eigenvalue weighted by molar-refractivity contribution is 5.80. The predicted octanol–water partition coefficient (Wildman–Crippen LogP) is 2.46. The molecular formula is C21H34N4O2. The van der Waals surface area contributed by atoms with Crippen LogP contribution in [0.15, 0.2) is 29.3 Å². The first kappa shape index (κ1) is 19.8. The minimum atomic E-state index is 0.0149. The van der Waals surface area contributed by atoms with Crippen LogP contribution in [0.25, 0.3) is 0 Å². The molecule has 6 nitrogen and oxygen atoms in total. The molecule has 6 heteroatoms. The molecule has 0 bridgehead atoms. The van der Waals surface area contributed by atoms with E-state index >= 15 is 0 Å². The molecule has 2 saturated heterocycles. The molecule has 2 heterocycles. The molecule has 0 radical (unpaired) electrons. The van der Waals surface area contributed by atoms with E-state index in [1.54, 1.807) is 7.11 Å². The third-order valence-corrected chi connectivity index (χ3v) is 5.46. The van der Waals surface area contributed by atoms with Crippen molar-refractivity contribution in [3.05, 3.63) is 24.3 Å². The van der Waals surface area contributed by atoms with E-state index in [1.165, 1.54) is 38.9 Å². The molecule has 2 atom stereocenters. The van der Waals surface area contributed by atoms with E-state index in [2.05, 4.69) is 27.0 Å². The number of benzene rings is 1. The van der Waals surface area contributed by atoms with Crippen LogP contribution in [-0.2, 0) is 0 Å². The Labute approximate surface area is 163 Å². The van der Waals surface area contributed by atoms with Gasteiger partial charge in [-0.1, -0.05) is 12.1 Å². The summed E-state index contributed by atoms with van der Waals surface area (Å²) in [5.74, 6) is 3.27. The molecule has 1 aromatic rings. The maximum Gasteiger partial charge on any atom is 0.193 e. The maximum atomic E-state index is 6.04. The summed E-state index contributed by atoms with van der Waals surface area (Å²) in [6.07, 6.45) is 4.00. The van der Waals surface area contributed by atoms with Crippen LogP contribution < -0.4 is 14.8 Å². The van der Waals surface area contributed by atoms with E-state index in [0.717, 1.165) is 36.5 Å². The van der Waals surface area contributed by atoms with Gasteiger partial charge in [-0.3, -0.25) is 4.99 Å². The molecule has 2 aliphatic rings. The van der Waals surface area contributed by atoms with Crippen LogP contribution in [0.5, 0.6) is 11.5 Å². The predicted molar refractivity (Wildman–Crippen MR) is 110 cm³/mol. The van der Waals surface area contributed by atoms with E-state index in [9.17, 15) is 0 Å². The maximum absolute atomic E-state index is 6.04. The summed E-state index contributed by atoms with van der Waals surface area (Å²) in [4.78, 5) is 9.49. The van der Waals surface area contributed by atoms with Gasteiger partial charge in [-0.25, -0.2) is 0 Å². The molecule has 1 N–H and O–H groups in total. The Morgan fingerprint density at radius 3 is 2.67 bits per heavy atom. The fourth-order valence-corrected chi connectivity index (χ4v) is 4.05. The number of hydrogen-bond donors (Lipinski definition) is 1. The average molecular weight is 375 g/mol. The number of nitrogens with zero attached hydrogens (tertiary/aromatic N) is 3. The van der Waals surface area contributed by atoms with Crippen molar-refractivity contribution in [3.63, 3.8) is 0 Å². The molecular weight excluding hydrogens is 340 g/mol. The largest absolute Gasteiger partial charge is 0.493 e. The highest BCUT2D eigenvalue weighted by atomic mass is 16.5. The van der Waals surface area contributed by atoms with Crippen LogP contribution in [0.4, 0.5) is 0 Å². The highest BCUT2D eigenvalue weighted by Crippen LogP contribution is 2.26. The number of methoxy groups -OCH3 is 1. The third-order valence-electron chi connectivity index (χ3n) is 5.46. The molecule has 2 aliphatic heterocycles. The van der Waals surface area contributed by atoms with Crippen LogP contribution in [0, 0.1) is 5.92 Å². The van der Waals surface area contributed by atoms with Crippen LogP contribution in [0.2, 0.25) is 0 Å². The summed E-state index contributed by atoms with van der Waals surface area (Å²) in [6, 6.07) is 7.76. The van der Waals surface area contributed by atoms with Gasteiger partial charge in [-0.05, 0) is 57.3 Å². The molecule has 150 valence electrons. The van der Waals surface area contributed by atoms with Crippen molar-refractivity contribution < 1.29 is 9.47 Å². The number of rotatable bonds is 7. The Morgan fingerprint density at radius 2 is 1.96 bits per heavy atom. The zero-order chi connectivity index (χ0) is 19.1. The van der Waals surface area contributed by atoms with Gasteiger partial charge in [0.1, 0.15) is 6.10 Å². The van der Waals surface area contributed by atoms with Gasteiger partial charge in [-0.15, -0.1) is 0 Å². The van der Waals surface area contributed by atoms with Gasteiger partial charge in [0.2, 0.25) is 0 Å². The van der Waals surface area contributed by atoms with Crippen LogP contribution in [-0.4, -0.2) is 75.3 Å². The number of ether oxygens (including phenoxy) is 2. The van der Waals surface area contributed by atoms with Crippen molar-refractivity contribution in [3.8, 4) is 11.5 Å². The lowest BCUT2D eigenvalue weighted by atomic mass is 10.1. The number of hydrogen-bond acceptors (Lipinski definition) is 4. The molecule has 27 heavy (non-hydrogen) atoms. The lowest BCUT2D eigenvalue weighted by molar-refractivity contribution is 0.212. The summed E-state index contributed by atoms with van der Waals surface area (Å²) < 4.78 is 11.4. The molecule has 2 unspecified atom stereocenters. The van der Waals surface area contributed by atoms with E-state index in [0.29, 0.717) is 6.54 Å². The van der Waals surface area contributed by atoms with Crippen molar-refractivity contribution >= 4 is 5.96 Å². The first-order valence-corrected chi connectivity index (χ1v) is 10.2. The van der Waals surface area contributed by atoms with Gasteiger partial charge in [0.25, 0.3) is 0 Å². The summed E-state index contributed by atoms with van der Waals surface area (Å²) in [6.45, 7) is 8.74.